The molecular formula is C13H25. The van der Waals surface area contributed by atoms with E-state index in [1.54, 1.807) is 0 Å². The quantitative estimate of drug-likeness (QED) is 0.519. The summed E-state index contributed by atoms with van der Waals surface area (Å²) in [6, 6.07) is 0. The van der Waals surface area contributed by atoms with E-state index in [-0.39, 0.29) is 0 Å². The first-order valence-corrected chi connectivity index (χ1v) is 6.27. The molecule has 1 aliphatic carbocycles. The molecule has 1 atom stereocenters. The van der Waals surface area contributed by atoms with Crippen LogP contribution >= 0.6 is 0 Å². The van der Waals surface area contributed by atoms with Crippen LogP contribution in [0, 0.1) is 12.3 Å². The smallest absolute Gasteiger partial charge is 0.0355 e. The lowest BCUT2D eigenvalue weighted by molar-refractivity contribution is 0.403. The third kappa shape index (κ3) is 5.33. The molecule has 0 bridgehead atoms. The van der Waals surface area contributed by atoms with E-state index in [1.807, 2.05) is 0 Å². The van der Waals surface area contributed by atoms with Crippen molar-refractivity contribution in [1.29, 1.82) is 0 Å². The van der Waals surface area contributed by atoms with Gasteiger partial charge in [-0.25, -0.2) is 0 Å². The average Bonchev–Trinajstić information content (AvgIpc) is 2.19. The summed E-state index contributed by atoms with van der Waals surface area (Å²) in [5.74, 6) is 0.982. The van der Waals surface area contributed by atoms with Crippen molar-refractivity contribution in [2.24, 2.45) is 5.92 Å². The van der Waals surface area contributed by atoms with Crippen molar-refractivity contribution in [1.82, 2.24) is 0 Å². The molecule has 0 saturated heterocycles. The summed E-state index contributed by atoms with van der Waals surface area (Å²) in [7, 11) is 0. The van der Waals surface area contributed by atoms with E-state index in [0.717, 1.165) is 5.92 Å². The zero-order valence-electron chi connectivity index (χ0n) is 9.23. The summed E-state index contributed by atoms with van der Waals surface area (Å²) < 4.78 is 0. The van der Waals surface area contributed by atoms with Gasteiger partial charge in [0.1, 0.15) is 0 Å². The zero-order chi connectivity index (χ0) is 9.36. The molecule has 1 fully saturated rings. The van der Waals surface area contributed by atoms with Crippen molar-refractivity contribution in [3.63, 3.8) is 0 Å². The van der Waals surface area contributed by atoms with E-state index in [9.17, 15) is 0 Å². The van der Waals surface area contributed by atoms with Crippen molar-refractivity contribution < 1.29 is 0 Å². The standard InChI is InChI=1S/C13H25/c1-2-3-4-5-7-10-13-11-8-6-9-12-13/h11,13H,2-10,12H2,1H3. The molecule has 1 saturated carbocycles. The van der Waals surface area contributed by atoms with Crippen molar-refractivity contribution in [2.45, 2.75) is 71.1 Å². The molecule has 0 N–H and O–H groups in total. The van der Waals surface area contributed by atoms with Gasteiger partial charge < -0.3 is 0 Å². The predicted octanol–water partition coefficient (Wildman–Crippen LogP) is 4.74. The third-order valence-corrected chi connectivity index (χ3v) is 3.21. The predicted molar refractivity (Wildman–Crippen MR) is 59.6 cm³/mol. The van der Waals surface area contributed by atoms with Crippen LogP contribution in [0.5, 0.6) is 0 Å². The van der Waals surface area contributed by atoms with E-state index in [0.29, 0.717) is 0 Å². The van der Waals surface area contributed by atoms with Gasteiger partial charge in [-0.2, -0.15) is 0 Å². The molecule has 0 spiro atoms. The second-order valence-corrected chi connectivity index (χ2v) is 4.48. The Morgan fingerprint density at radius 2 is 1.92 bits per heavy atom. The van der Waals surface area contributed by atoms with E-state index >= 15 is 0 Å². The number of hydrogen-bond donors (Lipinski definition) is 0. The summed E-state index contributed by atoms with van der Waals surface area (Å²) in [4.78, 5) is 0. The van der Waals surface area contributed by atoms with E-state index in [2.05, 4.69) is 13.3 Å². The number of hydrogen-bond acceptors (Lipinski definition) is 0. The monoisotopic (exact) mass is 181 g/mol. The summed E-state index contributed by atoms with van der Waals surface area (Å²) in [5, 5.41) is 0. The van der Waals surface area contributed by atoms with Gasteiger partial charge in [0.05, 0.1) is 0 Å². The topological polar surface area (TPSA) is 0 Å². The molecule has 0 amide bonds. The SMILES string of the molecule is CCCCCCCC1[CH]CCCC1. The Balaban J connectivity index is 1.86. The van der Waals surface area contributed by atoms with Crippen LogP contribution in [0.3, 0.4) is 0 Å². The lowest BCUT2D eigenvalue weighted by Crippen LogP contribution is -2.06. The minimum Gasteiger partial charge on any atom is -0.0654 e. The van der Waals surface area contributed by atoms with Crippen LogP contribution < -0.4 is 0 Å². The first-order valence-electron chi connectivity index (χ1n) is 6.27. The fraction of sp³-hybridized carbons (Fsp3) is 0.923. The summed E-state index contributed by atoms with van der Waals surface area (Å²) >= 11 is 0. The molecule has 77 valence electrons. The maximum absolute atomic E-state index is 2.57. The Morgan fingerprint density at radius 1 is 1.08 bits per heavy atom. The first kappa shape index (κ1) is 11.1. The Morgan fingerprint density at radius 3 is 2.62 bits per heavy atom. The average molecular weight is 181 g/mol. The Hall–Kier alpha value is 0. The second-order valence-electron chi connectivity index (χ2n) is 4.48. The molecule has 0 heteroatoms. The molecule has 1 radical (unpaired) electrons. The van der Waals surface area contributed by atoms with Crippen LogP contribution in [0.1, 0.15) is 71.1 Å². The molecule has 0 heterocycles. The maximum Gasteiger partial charge on any atom is -0.0355 e. The van der Waals surface area contributed by atoms with Crippen molar-refractivity contribution in [2.75, 3.05) is 0 Å². The van der Waals surface area contributed by atoms with Crippen LogP contribution in [0.15, 0.2) is 0 Å². The van der Waals surface area contributed by atoms with Gasteiger partial charge in [-0.1, -0.05) is 64.7 Å². The van der Waals surface area contributed by atoms with Crippen LogP contribution in [0.25, 0.3) is 0 Å². The van der Waals surface area contributed by atoms with Gasteiger partial charge in [0.2, 0.25) is 0 Å². The maximum atomic E-state index is 2.57. The van der Waals surface area contributed by atoms with Gasteiger partial charge in [-0.15, -0.1) is 0 Å². The third-order valence-electron chi connectivity index (χ3n) is 3.21. The molecule has 0 aliphatic heterocycles. The molecule has 13 heavy (non-hydrogen) atoms. The van der Waals surface area contributed by atoms with Crippen molar-refractivity contribution in [3.05, 3.63) is 6.42 Å². The van der Waals surface area contributed by atoms with Gasteiger partial charge >= 0.3 is 0 Å². The highest BCUT2D eigenvalue weighted by Gasteiger charge is 2.12. The molecule has 0 aromatic rings. The van der Waals surface area contributed by atoms with Gasteiger partial charge in [-0.05, 0) is 18.8 Å². The van der Waals surface area contributed by atoms with Gasteiger partial charge in [-0.3, -0.25) is 0 Å². The molecule has 0 aromatic carbocycles. The lowest BCUT2D eigenvalue weighted by atomic mass is 9.85. The minimum absolute atomic E-state index is 0.982. The minimum atomic E-state index is 0.982. The number of rotatable bonds is 6. The molecule has 1 rings (SSSR count). The molecule has 0 nitrogen and oxygen atoms in total. The summed E-state index contributed by atoms with van der Waals surface area (Å²) in [6.07, 6.45) is 17.1. The molecule has 0 aromatic heterocycles. The zero-order valence-corrected chi connectivity index (χ0v) is 9.23. The molecule has 1 aliphatic rings. The number of unbranched alkanes of at least 4 members (excludes halogenated alkanes) is 4. The highest BCUT2D eigenvalue weighted by molar-refractivity contribution is 4.80. The van der Waals surface area contributed by atoms with Crippen molar-refractivity contribution in [3.8, 4) is 0 Å². The van der Waals surface area contributed by atoms with Gasteiger partial charge in [0.25, 0.3) is 0 Å². The van der Waals surface area contributed by atoms with Crippen LogP contribution in [-0.4, -0.2) is 0 Å². The largest absolute Gasteiger partial charge is 0.0654 e. The fourth-order valence-electron chi connectivity index (χ4n) is 2.29. The second kappa shape index (κ2) is 7.41. The normalized spacial score (nSPS) is 19.2. The first-order chi connectivity index (χ1) is 6.43. The van der Waals surface area contributed by atoms with Gasteiger partial charge in [0.15, 0.2) is 0 Å². The summed E-state index contributed by atoms with van der Waals surface area (Å²) in [5.41, 5.74) is 0. The van der Waals surface area contributed by atoms with Crippen LogP contribution in [0.4, 0.5) is 0 Å². The highest BCUT2D eigenvalue weighted by atomic mass is 14.2. The lowest BCUT2D eigenvalue weighted by Gasteiger charge is -2.20. The highest BCUT2D eigenvalue weighted by Crippen LogP contribution is 2.27. The fourth-order valence-corrected chi connectivity index (χ4v) is 2.29. The van der Waals surface area contributed by atoms with E-state index in [4.69, 9.17) is 0 Å². The van der Waals surface area contributed by atoms with Gasteiger partial charge in [0, 0.05) is 0 Å². The molecular weight excluding hydrogens is 156 g/mol. The molecule has 1 unspecified atom stereocenters. The van der Waals surface area contributed by atoms with Crippen molar-refractivity contribution >= 4 is 0 Å². The Bertz CT molecular complexity index is 101. The van der Waals surface area contributed by atoms with Crippen LogP contribution in [0.2, 0.25) is 0 Å². The Kier molecular flexibility index (Phi) is 6.31. The van der Waals surface area contributed by atoms with E-state index < -0.39 is 0 Å². The summed E-state index contributed by atoms with van der Waals surface area (Å²) in [6.45, 7) is 2.29. The Labute approximate surface area is 84.1 Å². The van der Waals surface area contributed by atoms with E-state index in [1.165, 1.54) is 64.2 Å². The van der Waals surface area contributed by atoms with Crippen LogP contribution in [-0.2, 0) is 0 Å².